The molecule has 0 radical (unpaired) electrons. The fourth-order valence-corrected chi connectivity index (χ4v) is 2.09. The van der Waals surface area contributed by atoms with Crippen LogP contribution in [0, 0.1) is 6.92 Å². The molecule has 0 aliphatic heterocycles. The van der Waals surface area contributed by atoms with Gasteiger partial charge in [0.05, 0.1) is 7.11 Å². The summed E-state index contributed by atoms with van der Waals surface area (Å²) in [7, 11) is 1.68. The largest absolute Gasteiger partial charge is 0.497 e. The Morgan fingerprint density at radius 1 is 1.24 bits per heavy atom. The number of aryl methyl sites for hydroxylation is 1. The van der Waals surface area contributed by atoms with Gasteiger partial charge in [0, 0.05) is 16.7 Å². The summed E-state index contributed by atoms with van der Waals surface area (Å²) in [6.45, 7) is 2.91. The fraction of sp³-hybridized carbons (Fsp3) is 0.188. The minimum Gasteiger partial charge on any atom is -0.497 e. The normalized spacial score (nSPS) is 9.29. The Bertz CT molecular complexity index is 571. The van der Waals surface area contributed by atoms with Gasteiger partial charge in [-0.15, -0.1) is 0 Å². The molecule has 0 heterocycles. The molecule has 2 aromatic carbocycles. The van der Waals surface area contributed by atoms with E-state index in [1.54, 1.807) is 7.11 Å². The van der Waals surface area contributed by atoms with Crippen molar-refractivity contribution in [3.05, 3.63) is 58.1 Å². The summed E-state index contributed by atoms with van der Waals surface area (Å²) < 4.78 is 6.23. The van der Waals surface area contributed by atoms with E-state index in [2.05, 4.69) is 58.2 Å². The predicted octanol–water partition coefficient (Wildman–Crippen LogP) is 3.48. The van der Waals surface area contributed by atoms with Crippen LogP contribution in [0.5, 0.6) is 5.75 Å². The summed E-state index contributed by atoms with van der Waals surface area (Å²) >= 11 is 3.48. The quantitative estimate of drug-likeness (QED) is 0.829. The van der Waals surface area contributed by atoms with Crippen LogP contribution < -0.4 is 15.8 Å². The van der Waals surface area contributed by atoms with Crippen LogP contribution in [0.1, 0.15) is 11.1 Å². The number of benzene rings is 2. The first kappa shape index (κ1) is 17.0. The highest BCUT2D eigenvalue weighted by atomic mass is 79.9. The van der Waals surface area contributed by atoms with Crippen molar-refractivity contribution in [2.45, 2.75) is 13.5 Å². The molecule has 0 spiro atoms. The second-order valence-electron chi connectivity index (χ2n) is 4.30. The smallest absolute Gasteiger partial charge is 0.204 e. The molecule has 2 aromatic rings. The zero-order chi connectivity index (χ0) is 15.7. The molecule has 0 saturated heterocycles. The van der Waals surface area contributed by atoms with E-state index in [0.717, 1.165) is 22.5 Å². The third kappa shape index (κ3) is 5.87. The van der Waals surface area contributed by atoms with Gasteiger partial charge in [0.2, 0.25) is 6.41 Å². The zero-order valence-electron chi connectivity index (χ0n) is 12.1. The molecule has 0 atom stereocenters. The average molecular weight is 351 g/mol. The fourth-order valence-electron chi connectivity index (χ4n) is 1.73. The maximum absolute atomic E-state index is 8.58. The Balaban J connectivity index is 0.000000677. The number of rotatable bonds is 4. The number of anilines is 1. The van der Waals surface area contributed by atoms with Crippen LogP contribution in [-0.2, 0) is 11.3 Å². The van der Waals surface area contributed by atoms with Crippen molar-refractivity contribution in [3.63, 3.8) is 0 Å². The van der Waals surface area contributed by atoms with Crippen LogP contribution in [0.3, 0.4) is 0 Å². The van der Waals surface area contributed by atoms with Crippen LogP contribution in [0.4, 0.5) is 5.69 Å². The van der Waals surface area contributed by atoms with Crippen molar-refractivity contribution in [1.82, 2.24) is 0 Å². The number of ether oxygens (including phenoxy) is 1. The van der Waals surface area contributed by atoms with Gasteiger partial charge in [0.1, 0.15) is 5.75 Å². The minimum absolute atomic E-state index is 0.250. The number of amides is 1. The highest BCUT2D eigenvalue weighted by molar-refractivity contribution is 9.10. The van der Waals surface area contributed by atoms with E-state index in [1.807, 2.05) is 18.2 Å². The number of primary amides is 1. The summed E-state index contributed by atoms with van der Waals surface area (Å²) in [5, 5.41) is 3.44. The van der Waals surface area contributed by atoms with Gasteiger partial charge in [-0.3, -0.25) is 4.79 Å². The lowest BCUT2D eigenvalue weighted by atomic mass is 10.1. The topological polar surface area (TPSA) is 64.3 Å². The Morgan fingerprint density at radius 2 is 1.86 bits per heavy atom. The second-order valence-corrected chi connectivity index (χ2v) is 5.21. The first-order valence-corrected chi connectivity index (χ1v) is 7.18. The third-order valence-electron chi connectivity index (χ3n) is 2.84. The van der Waals surface area contributed by atoms with Gasteiger partial charge in [0.15, 0.2) is 0 Å². The molecular weight excluding hydrogens is 332 g/mol. The van der Waals surface area contributed by atoms with E-state index in [4.69, 9.17) is 9.53 Å². The molecule has 4 nitrogen and oxygen atoms in total. The zero-order valence-corrected chi connectivity index (χ0v) is 13.7. The number of carbonyl (C=O) groups excluding carboxylic acids is 1. The lowest BCUT2D eigenvalue weighted by molar-refractivity contribution is -0.106. The van der Waals surface area contributed by atoms with E-state index < -0.39 is 0 Å². The van der Waals surface area contributed by atoms with Gasteiger partial charge >= 0.3 is 0 Å². The van der Waals surface area contributed by atoms with Crippen LogP contribution in [0.25, 0.3) is 0 Å². The Labute approximate surface area is 133 Å². The average Bonchev–Trinajstić information content (AvgIpc) is 2.49. The van der Waals surface area contributed by atoms with Gasteiger partial charge in [0.25, 0.3) is 0 Å². The molecule has 1 amide bonds. The summed E-state index contributed by atoms with van der Waals surface area (Å²) in [5.74, 6) is 0.886. The number of nitrogens with one attached hydrogen (secondary N) is 1. The van der Waals surface area contributed by atoms with Crippen molar-refractivity contribution in [2.75, 3.05) is 12.4 Å². The number of hydrogen-bond acceptors (Lipinski definition) is 3. The number of halogens is 1. The van der Waals surface area contributed by atoms with E-state index in [1.165, 1.54) is 11.1 Å². The third-order valence-corrected chi connectivity index (χ3v) is 3.33. The molecule has 0 unspecified atom stereocenters. The lowest BCUT2D eigenvalue weighted by Gasteiger charge is -2.10. The molecule has 21 heavy (non-hydrogen) atoms. The van der Waals surface area contributed by atoms with Crippen LogP contribution in [0.2, 0.25) is 0 Å². The molecular formula is C16H19BrN2O2. The second kappa shape index (κ2) is 9.02. The summed E-state index contributed by atoms with van der Waals surface area (Å²) in [5.41, 5.74) is 7.79. The number of nitrogens with two attached hydrogens (primary N) is 1. The van der Waals surface area contributed by atoms with Crippen molar-refractivity contribution in [2.24, 2.45) is 5.73 Å². The van der Waals surface area contributed by atoms with Gasteiger partial charge in [-0.1, -0.05) is 34.1 Å². The summed E-state index contributed by atoms with van der Waals surface area (Å²) in [6.07, 6.45) is 0.250. The Kier molecular flexibility index (Phi) is 7.32. The van der Waals surface area contributed by atoms with E-state index >= 15 is 0 Å². The predicted molar refractivity (Wildman–Crippen MR) is 89.5 cm³/mol. The van der Waals surface area contributed by atoms with Gasteiger partial charge in [-0.05, 0) is 42.3 Å². The molecule has 0 aromatic heterocycles. The van der Waals surface area contributed by atoms with E-state index in [-0.39, 0.29) is 6.41 Å². The first-order chi connectivity index (χ1) is 10.1. The van der Waals surface area contributed by atoms with Gasteiger partial charge < -0.3 is 15.8 Å². The van der Waals surface area contributed by atoms with E-state index in [9.17, 15) is 0 Å². The van der Waals surface area contributed by atoms with E-state index in [0.29, 0.717) is 0 Å². The number of methoxy groups -OCH3 is 1. The van der Waals surface area contributed by atoms with Crippen molar-refractivity contribution >= 4 is 28.0 Å². The molecule has 0 saturated carbocycles. The van der Waals surface area contributed by atoms with Gasteiger partial charge in [-0.2, -0.15) is 0 Å². The van der Waals surface area contributed by atoms with Crippen LogP contribution in [0.15, 0.2) is 46.9 Å². The number of hydrogen-bond donors (Lipinski definition) is 2. The first-order valence-electron chi connectivity index (χ1n) is 6.39. The van der Waals surface area contributed by atoms with Crippen molar-refractivity contribution < 1.29 is 9.53 Å². The van der Waals surface area contributed by atoms with Gasteiger partial charge in [-0.25, -0.2) is 0 Å². The Hall–Kier alpha value is -2.01. The Morgan fingerprint density at radius 3 is 2.43 bits per heavy atom. The molecule has 0 aliphatic carbocycles. The summed E-state index contributed by atoms with van der Waals surface area (Å²) in [4.78, 5) is 8.58. The molecule has 112 valence electrons. The SMILES string of the molecule is COc1ccc(CNc2cc(Br)ccc2C)cc1.NC=O. The standard InChI is InChI=1S/C15H16BrNO.CH3NO/c1-11-3-6-13(16)9-15(11)17-10-12-4-7-14(18-2)8-5-12;2-1-3/h3-9,17H,10H2,1-2H3;1H,(H2,2,3). The highest BCUT2D eigenvalue weighted by Gasteiger charge is 1.99. The van der Waals surface area contributed by atoms with Crippen molar-refractivity contribution in [1.29, 1.82) is 0 Å². The molecule has 2 rings (SSSR count). The van der Waals surface area contributed by atoms with Crippen LogP contribution >= 0.6 is 15.9 Å². The molecule has 0 fully saturated rings. The summed E-state index contributed by atoms with van der Waals surface area (Å²) in [6, 6.07) is 14.3. The molecule has 3 N–H and O–H groups in total. The maximum Gasteiger partial charge on any atom is 0.204 e. The molecule has 0 aliphatic rings. The maximum atomic E-state index is 8.58. The molecule has 5 heteroatoms. The minimum atomic E-state index is 0.250. The molecule has 0 bridgehead atoms. The highest BCUT2D eigenvalue weighted by Crippen LogP contribution is 2.21. The number of carbonyl (C=O) groups is 1. The van der Waals surface area contributed by atoms with Crippen LogP contribution in [-0.4, -0.2) is 13.5 Å². The lowest BCUT2D eigenvalue weighted by Crippen LogP contribution is -2.00. The monoisotopic (exact) mass is 350 g/mol. The van der Waals surface area contributed by atoms with Crippen molar-refractivity contribution in [3.8, 4) is 5.75 Å².